The lowest BCUT2D eigenvalue weighted by atomic mass is 10.2. The molecule has 0 saturated carbocycles. The van der Waals surface area contributed by atoms with Crippen LogP contribution in [0, 0.1) is 0 Å². The van der Waals surface area contributed by atoms with Gasteiger partial charge >= 0.3 is 6.03 Å². The van der Waals surface area contributed by atoms with E-state index < -0.39 is 12.1 Å². The minimum absolute atomic E-state index is 0.343. The second-order valence-electron chi connectivity index (χ2n) is 2.26. The summed E-state index contributed by atoms with van der Waals surface area (Å²) >= 11 is 0. The third-order valence-electron chi connectivity index (χ3n) is 1.54. The van der Waals surface area contributed by atoms with E-state index in [9.17, 15) is 9.59 Å². The Morgan fingerprint density at radius 1 is 1.45 bits per heavy atom. The van der Waals surface area contributed by atoms with Crippen LogP contribution in [0.1, 0.15) is 0 Å². The summed E-state index contributed by atoms with van der Waals surface area (Å²) in [5.41, 5.74) is 0.485. The minimum Gasteiger partial charge on any atom is -0.375 e. The lowest BCUT2D eigenvalue weighted by molar-refractivity contribution is -0.120. The average Bonchev–Trinajstić information content (AvgIpc) is 2.34. The highest BCUT2D eigenvalue weighted by Crippen LogP contribution is 2.04. The predicted molar refractivity (Wildman–Crippen MR) is 37.0 cm³/mol. The van der Waals surface area contributed by atoms with E-state index in [1.54, 1.807) is 12.3 Å². The Balaban J connectivity index is 2.40. The van der Waals surface area contributed by atoms with Crippen molar-refractivity contribution in [1.29, 1.82) is 0 Å². The molecule has 3 amide bonds. The van der Waals surface area contributed by atoms with Crippen molar-refractivity contribution < 1.29 is 9.59 Å². The Morgan fingerprint density at radius 2 is 2.27 bits per heavy atom. The number of hydrogen-bond acceptors (Lipinski definition) is 3. The molecule has 0 fully saturated rings. The van der Waals surface area contributed by atoms with Crippen LogP contribution in [-0.2, 0) is 4.79 Å². The molecule has 2 heterocycles. The van der Waals surface area contributed by atoms with Crippen molar-refractivity contribution in [2.24, 2.45) is 4.99 Å². The summed E-state index contributed by atoms with van der Waals surface area (Å²) in [6.07, 6.45) is 3.21. The molecule has 0 radical (unpaired) electrons. The zero-order valence-corrected chi connectivity index (χ0v) is 5.50. The van der Waals surface area contributed by atoms with E-state index in [4.69, 9.17) is 0 Å². The second-order valence-corrected chi connectivity index (χ2v) is 2.26. The molecule has 1 unspecified atom stereocenters. The number of hydrogen-bond donors (Lipinski definition) is 2. The number of carbonyl (C=O) groups excluding carboxylic acids is 2. The zero-order chi connectivity index (χ0) is 7.84. The van der Waals surface area contributed by atoms with Gasteiger partial charge in [-0.2, -0.15) is 4.99 Å². The number of aliphatic imine (C=N–C) groups is 1. The Hall–Kier alpha value is -1.65. The van der Waals surface area contributed by atoms with Crippen molar-refractivity contribution in [2.45, 2.75) is 6.04 Å². The van der Waals surface area contributed by atoms with E-state index in [2.05, 4.69) is 15.6 Å². The van der Waals surface area contributed by atoms with Crippen LogP contribution in [0.15, 0.2) is 17.3 Å². The highest BCUT2D eigenvalue weighted by atomic mass is 16.2. The molecule has 0 saturated heterocycles. The van der Waals surface area contributed by atoms with Gasteiger partial charge in [0.25, 0.3) is 5.91 Å². The van der Waals surface area contributed by atoms with Gasteiger partial charge in [0, 0.05) is 0 Å². The van der Waals surface area contributed by atoms with Crippen LogP contribution in [0.2, 0.25) is 0 Å². The molecule has 11 heavy (non-hydrogen) atoms. The van der Waals surface area contributed by atoms with Gasteiger partial charge < -0.3 is 5.32 Å². The number of imide groups is 1. The molecule has 5 heteroatoms. The molecule has 0 aromatic rings. The minimum atomic E-state index is -0.588. The van der Waals surface area contributed by atoms with Crippen molar-refractivity contribution in [3.8, 4) is 0 Å². The molecule has 0 aromatic heterocycles. The van der Waals surface area contributed by atoms with Gasteiger partial charge in [-0.1, -0.05) is 0 Å². The van der Waals surface area contributed by atoms with Crippen molar-refractivity contribution in [2.75, 3.05) is 0 Å². The first-order valence-corrected chi connectivity index (χ1v) is 3.13. The van der Waals surface area contributed by atoms with Crippen LogP contribution < -0.4 is 10.6 Å². The number of nitrogens with zero attached hydrogens (tertiary/aromatic N) is 1. The number of amides is 3. The SMILES string of the molecule is O=C1N=C2C=CNC2C(=O)N1. The fraction of sp³-hybridized carbons (Fsp3) is 0.167. The third-order valence-corrected chi connectivity index (χ3v) is 1.54. The van der Waals surface area contributed by atoms with Crippen molar-refractivity contribution in [3.05, 3.63) is 12.3 Å². The summed E-state index contributed by atoms with van der Waals surface area (Å²) in [5, 5.41) is 4.84. The molecule has 0 bridgehead atoms. The number of nitrogens with one attached hydrogen (secondary N) is 2. The van der Waals surface area contributed by atoms with Crippen LogP contribution in [0.3, 0.4) is 0 Å². The summed E-state index contributed by atoms with van der Waals surface area (Å²) in [6, 6.07) is -1.05. The fourth-order valence-corrected chi connectivity index (χ4v) is 1.05. The molecule has 5 nitrogen and oxygen atoms in total. The molecule has 0 aromatic carbocycles. The first kappa shape index (κ1) is 6.09. The number of rotatable bonds is 0. The molecule has 56 valence electrons. The Morgan fingerprint density at radius 3 is 3.09 bits per heavy atom. The molecule has 0 aliphatic carbocycles. The van der Waals surface area contributed by atoms with E-state index in [1.807, 2.05) is 0 Å². The van der Waals surface area contributed by atoms with Gasteiger partial charge in [-0.25, -0.2) is 4.79 Å². The standard InChI is InChI=1S/C6H5N3O2/c10-5-4-3(1-2-7-4)8-6(11)9-5/h1-2,4,7H,(H,9,10,11). The van der Waals surface area contributed by atoms with E-state index in [0.29, 0.717) is 5.71 Å². The van der Waals surface area contributed by atoms with Gasteiger partial charge in [0.2, 0.25) is 0 Å². The van der Waals surface area contributed by atoms with E-state index in [-0.39, 0.29) is 5.91 Å². The highest BCUT2D eigenvalue weighted by molar-refractivity contribution is 6.24. The maximum atomic E-state index is 11.0. The monoisotopic (exact) mass is 151 g/mol. The normalized spacial score (nSPS) is 27.3. The zero-order valence-electron chi connectivity index (χ0n) is 5.50. The Labute approximate surface area is 62.2 Å². The van der Waals surface area contributed by atoms with Gasteiger partial charge in [-0.3, -0.25) is 10.1 Å². The number of fused-ring (bicyclic) bond motifs is 1. The lowest BCUT2D eigenvalue weighted by Gasteiger charge is -2.14. The summed E-state index contributed by atoms with van der Waals surface area (Å²) in [5.74, 6) is -0.343. The maximum absolute atomic E-state index is 11.0. The van der Waals surface area contributed by atoms with E-state index in [1.165, 1.54) is 0 Å². The highest BCUT2D eigenvalue weighted by Gasteiger charge is 2.30. The number of urea groups is 1. The van der Waals surface area contributed by atoms with Crippen LogP contribution >= 0.6 is 0 Å². The van der Waals surface area contributed by atoms with Gasteiger partial charge in [0.15, 0.2) is 0 Å². The van der Waals surface area contributed by atoms with Gasteiger partial charge in [-0.05, 0) is 12.3 Å². The smallest absolute Gasteiger partial charge is 0.347 e. The van der Waals surface area contributed by atoms with Crippen molar-refractivity contribution in [3.63, 3.8) is 0 Å². The first-order chi connectivity index (χ1) is 5.27. The summed E-state index contributed by atoms with van der Waals surface area (Å²) in [7, 11) is 0. The van der Waals surface area contributed by atoms with Crippen molar-refractivity contribution >= 4 is 17.6 Å². The molecule has 2 aliphatic rings. The Bertz CT molecular complexity index is 292. The lowest BCUT2D eigenvalue weighted by Crippen LogP contribution is -2.49. The molecular weight excluding hydrogens is 146 g/mol. The molecule has 2 N–H and O–H groups in total. The fourth-order valence-electron chi connectivity index (χ4n) is 1.05. The largest absolute Gasteiger partial charge is 0.375 e. The van der Waals surface area contributed by atoms with Crippen LogP contribution in [0.5, 0.6) is 0 Å². The quantitative estimate of drug-likeness (QED) is 0.474. The Kier molecular flexibility index (Phi) is 1.06. The van der Waals surface area contributed by atoms with Crippen molar-refractivity contribution in [1.82, 2.24) is 10.6 Å². The van der Waals surface area contributed by atoms with Gasteiger partial charge in [-0.15, -0.1) is 0 Å². The number of carbonyl (C=O) groups is 2. The molecule has 0 spiro atoms. The van der Waals surface area contributed by atoms with Gasteiger partial charge in [0.1, 0.15) is 6.04 Å². The predicted octanol–water partition coefficient (Wildman–Crippen LogP) is -0.837. The molecular formula is C6H5N3O2. The third kappa shape index (κ3) is 0.813. The second kappa shape index (κ2) is 1.91. The van der Waals surface area contributed by atoms with E-state index in [0.717, 1.165) is 0 Å². The average molecular weight is 151 g/mol. The molecule has 1 atom stereocenters. The van der Waals surface area contributed by atoms with Crippen LogP contribution in [0.25, 0.3) is 0 Å². The molecule has 2 aliphatic heterocycles. The summed E-state index contributed by atoms with van der Waals surface area (Å²) in [6.45, 7) is 0. The first-order valence-electron chi connectivity index (χ1n) is 3.13. The van der Waals surface area contributed by atoms with Crippen LogP contribution in [0.4, 0.5) is 4.79 Å². The maximum Gasteiger partial charge on any atom is 0.347 e. The molecule has 2 rings (SSSR count). The van der Waals surface area contributed by atoms with Gasteiger partial charge in [0.05, 0.1) is 5.71 Å². The van der Waals surface area contributed by atoms with Crippen LogP contribution in [-0.4, -0.2) is 23.7 Å². The summed E-state index contributed by atoms with van der Waals surface area (Å²) < 4.78 is 0. The topological polar surface area (TPSA) is 70.6 Å². The van der Waals surface area contributed by atoms with E-state index >= 15 is 0 Å². The summed E-state index contributed by atoms with van der Waals surface area (Å²) in [4.78, 5) is 25.2.